The first-order valence-corrected chi connectivity index (χ1v) is 13.9. The first-order valence-electron chi connectivity index (χ1n) is 10.9. The zero-order valence-corrected chi connectivity index (χ0v) is 21.5. The van der Waals surface area contributed by atoms with Crippen molar-refractivity contribution in [2.24, 2.45) is 9.98 Å². The molecule has 0 bridgehead atoms. The number of aliphatic imine (C=N–C) groups is 2. The molecule has 4 aromatic rings. The predicted molar refractivity (Wildman–Crippen MR) is 141 cm³/mol. The van der Waals surface area contributed by atoms with E-state index in [1.54, 1.807) is 0 Å². The maximum absolute atomic E-state index is 5.86. The normalized spacial score (nSPS) is 14.5. The molecule has 0 N–H and O–H groups in total. The van der Waals surface area contributed by atoms with Crippen LogP contribution in [-0.4, -0.2) is 24.6 Å². The Bertz CT molecular complexity index is 1330. The SMILES string of the molecule is Cc1cccc(C)c1N=C1C(=NCCOc2ccccc2)c2cccc3cccc1c23.[Cl][Fe][Cl]. The number of ether oxygens (including phenoxy) is 1. The molecule has 0 aliphatic heterocycles. The first kappa shape index (κ1) is 24.5. The molecule has 0 spiro atoms. The van der Waals surface area contributed by atoms with Crippen molar-refractivity contribution >= 4 is 48.1 Å². The Kier molecular flexibility index (Phi) is 8.42. The van der Waals surface area contributed by atoms with Crippen LogP contribution in [0.1, 0.15) is 22.3 Å². The Hall–Kier alpha value is -2.62. The zero-order valence-electron chi connectivity index (χ0n) is 18.9. The van der Waals surface area contributed by atoms with Crippen LogP contribution in [0.15, 0.2) is 94.9 Å². The summed E-state index contributed by atoms with van der Waals surface area (Å²) in [5, 5.41) is 2.45. The van der Waals surface area contributed by atoms with Gasteiger partial charge in [-0.3, -0.25) is 4.99 Å². The standard InChI is InChI=1S/C28H24N2O.2ClH.Fe/c1-19-9-6-10-20(2)26(19)30-28-24-16-8-12-21-11-7-15-23(25(21)24)27(28)29-17-18-31-22-13-4-3-5-14-22;;;/h3-16H,17-18H2,1-2H3;2*1H;/q;;;+2/p-2. The van der Waals surface area contributed by atoms with Crippen molar-refractivity contribution in [3.8, 4) is 5.75 Å². The van der Waals surface area contributed by atoms with Crippen molar-refractivity contribution in [3.63, 3.8) is 0 Å². The second kappa shape index (κ2) is 11.7. The molecular weight excluding hydrogens is 507 g/mol. The molecule has 4 aromatic carbocycles. The Morgan fingerprint density at radius 1 is 0.735 bits per heavy atom. The second-order valence-corrected chi connectivity index (χ2v) is 9.68. The van der Waals surface area contributed by atoms with Gasteiger partial charge >= 0.3 is 33.3 Å². The van der Waals surface area contributed by atoms with Gasteiger partial charge in [0.05, 0.1) is 23.7 Å². The third kappa shape index (κ3) is 5.37. The Labute approximate surface area is 215 Å². The summed E-state index contributed by atoms with van der Waals surface area (Å²) in [6.45, 7) is 5.32. The summed E-state index contributed by atoms with van der Waals surface area (Å²) >= 11 is 0.194. The fourth-order valence-electron chi connectivity index (χ4n) is 4.20. The average molecular weight is 531 g/mol. The van der Waals surface area contributed by atoms with Crippen LogP contribution in [0.3, 0.4) is 0 Å². The van der Waals surface area contributed by atoms with E-state index in [9.17, 15) is 0 Å². The van der Waals surface area contributed by atoms with Crippen LogP contribution in [0.5, 0.6) is 5.75 Å². The van der Waals surface area contributed by atoms with E-state index >= 15 is 0 Å². The van der Waals surface area contributed by atoms with Crippen molar-refractivity contribution in [3.05, 3.63) is 107 Å². The molecule has 0 saturated carbocycles. The van der Waals surface area contributed by atoms with E-state index in [0.717, 1.165) is 34.0 Å². The third-order valence-corrected chi connectivity index (χ3v) is 5.68. The molecule has 0 unspecified atom stereocenters. The number of benzene rings is 4. The van der Waals surface area contributed by atoms with Gasteiger partial charge in [-0.15, -0.1) is 0 Å². The molecule has 1 aliphatic carbocycles. The van der Waals surface area contributed by atoms with Crippen molar-refractivity contribution in [1.82, 2.24) is 0 Å². The van der Waals surface area contributed by atoms with Crippen LogP contribution < -0.4 is 4.74 Å². The van der Waals surface area contributed by atoms with E-state index in [1.165, 1.54) is 21.9 Å². The first-order chi connectivity index (χ1) is 16.6. The van der Waals surface area contributed by atoms with Gasteiger partial charge in [-0.1, -0.05) is 72.8 Å². The van der Waals surface area contributed by atoms with Gasteiger partial charge in [0.25, 0.3) is 0 Å². The molecule has 34 heavy (non-hydrogen) atoms. The van der Waals surface area contributed by atoms with Crippen LogP contribution in [0.25, 0.3) is 10.8 Å². The molecule has 3 nitrogen and oxygen atoms in total. The quantitative estimate of drug-likeness (QED) is 0.191. The maximum atomic E-state index is 5.86. The van der Waals surface area contributed by atoms with Crippen molar-refractivity contribution in [2.75, 3.05) is 13.2 Å². The summed E-state index contributed by atoms with van der Waals surface area (Å²) in [4.78, 5) is 10.1. The molecule has 0 fully saturated rings. The number of rotatable bonds is 5. The van der Waals surface area contributed by atoms with E-state index in [-0.39, 0.29) is 13.1 Å². The monoisotopic (exact) mass is 530 g/mol. The molecule has 0 atom stereocenters. The Morgan fingerprint density at radius 3 is 1.97 bits per heavy atom. The van der Waals surface area contributed by atoms with Gasteiger partial charge < -0.3 is 4.74 Å². The number of nitrogens with zero attached hydrogens (tertiary/aromatic N) is 2. The van der Waals surface area contributed by atoms with Gasteiger partial charge in [-0.05, 0) is 42.5 Å². The van der Waals surface area contributed by atoms with Gasteiger partial charge in [0.1, 0.15) is 12.4 Å². The number of halogens is 2. The zero-order chi connectivity index (χ0) is 23.9. The summed E-state index contributed by atoms with van der Waals surface area (Å²) in [5.74, 6) is 0.865. The van der Waals surface area contributed by atoms with Crippen LogP contribution >= 0.6 is 20.2 Å². The van der Waals surface area contributed by atoms with E-state index in [1.807, 2.05) is 30.3 Å². The van der Waals surface area contributed by atoms with E-state index in [4.69, 9.17) is 34.9 Å². The third-order valence-electron chi connectivity index (χ3n) is 5.68. The van der Waals surface area contributed by atoms with E-state index in [2.05, 4.69) is 68.4 Å². The van der Waals surface area contributed by atoms with Crippen molar-refractivity contribution < 1.29 is 17.9 Å². The Morgan fingerprint density at radius 2 is 1.32 bits per heavy atom. The van der Waals surface area contributed by atoms with Crippen LogP contribution in [-0.2, 0) is 13.1 Å². The molecule has 0 aromatic heterocycles. The minimum atomic E-state index is 0.194. The topological polar surface area (TPSA) is 34.0 Å². The number of hydrogen-bond donors (Lipinski definition) is 0. The number of hydrogen-bond acceptors (Lipinski definition) is 3. The van der Waals surface area contributed by atoms with E-state index < -0.39 is 0 Å². The summed E-state index contributed by atoms with van der Waals surface area (Å²) in [6.07, 6.45) is 0. The number of para-hydroxylation sites is 2. The van der Waals surface area contributed by atoms with Crippen LogP contribution in [0.2, 0.25) is 0 Å². The molecule has 0 radical (unpaired) electrons. The van der Waals surface area contributed by atoms with Gasteiger partial charge in [-0.25, -0.2) is 4.99 Å². The fraction of sp³-hybridized carbons (Fsp3) is 0.143. The van der Waals surface area contributed by atoms with Crippen LogP contribution in [0, 0.1) is 13.8 Å². The molecule has 0 saturated heterocycles. The van der Waals surface area contributed by atoms with Crippen molar-refractivity contribution in [1.29, 1.82) is 0 Å². The summed E-state index contributed by atoms with van der Waals surface area (Å²) in [5.41, 5.74) is 7.56. The summed E-state index contributed by atoms with van der Waals surface area (Å²) in [7, 11) is 9.53. The van der Waals surface area contributed by atoms with Gasteiger partial charge in [0, 0.05) is 16.5 Å². The minimum absolute atomic E-state index is 0.194. The fourth-order valence-corrected chi connectivity index (χ4v) is 4.20. The molecule has 5 rings (SSSR count). The van der Waals surface area contributed by atoms with Crippen LogP contribution in [0.4, 0.5) is 5.69 Å². The predicted octanol–water partition coefficient (Wildman–Crippen LogP) is 7.84. The second-order valence-electron chi connectivity index (χ2n) is 7.85. The van der Waals surface area contributed by atoms with E-state index in [0.29, 0.717) is 13.2 Å². The molecule has 1 aliphatic rings. The van der Waals surface area contributed by atoms with Gasteiger partial charge in [0.15, 0.2) is 0 Å². The van der Waals surface area contributed by atoms with Gasteiger partial charge in [0.2, 0.25) is 0 Å². The number of aryl methyl sites for hydroxylation is 2. The van der Waals surface area contributed by atoms with Crippen molar-refractivity contribution in [2.45, 2.75) is 13.8 Å². The summed E-state index contributed by atoms with van der Waals surface area (Å²) < 4.78 is 5.86. The van der Waals surface area contributed by atoms with Gasteiger partial charge in [-0.2, -0.15) is 0 Å². The molecule has 0 amide bonds. The molecule has 174 valence electrons. The molecule has 0 heterocycles. The molecular formula is C28H24Cl2FeN2O. The molecule has 6 heteroatoms. The Balaban J connectivity index is 0.000000868. The summed E-state index contributed by atoms with van der Waals surface area (Å²) in [6, 6.07) is 29.0. The average Bonchev–Trinajstić information content (AvgIpc) is 3.15.